The summed E-state index contributed by atoms with van der Waals surface area (Å²) in [7, 11) is 0. The molecule has 0 spiro atoms. The minimum absolute atomic E-state index is 0. The molecule has 3 nitrogen and oxygen atoms in total. The molecule has 0 bridgehead atoms. The van der Waals surface area contributed by atoms with Crippen LogP contribution in [0.25, 0.3) is 33.1 Å². The molecule has 0 aliphatic heterocycles. The Morgan fingerprint density at radius 3 is 2.23 bits per heavy atom. The molecule has 5 rings (SSSR count). The molecule has 0 saturated carbocycles. The average molecular weight is 764 g/mol. The van der Waals surface area contributed by atoms with Crippen molar-refractivity contribution >= 4 is 69.6 Å². The first-order valence-electron chi connectivity index (χ1n) is 8.78. The number of hydrogen-bond acceptors (Lipinski definition) is 3. The molecule has 3 heterocycles. The Morgan fingerprint density at radius 1 is 0.700 bits per heavy atom. The van der Waals surface area contributed by atoms with E-state index in [0.29, 0.717) is 0 Å². The summed E-state index contributed by atoms with van der Waals surface area (Å²) in [5.74, 6) is 0. The van der Waals surface area contributed by atoms with Crippen molar-refractivity contribution in [2.24, 2.45) is 0 Å². The minimum atomic E-state index is 0. The van der Waals surface area contributed by atoms with Crippen molar-refractivity contribution in [2.45, 2.75) is 0 Å². The van der Waals surface area contributed by atoms with Gasteiger partial charge < -0.3 is 0 Å². The van der Waals surface area contributed by atoms with Gasteiger partial charge in [0.1, 0.15) is 4.60 Å². The van der Waals surface area contributed by atoms with Gasteiger partial charge in [-0.2, -0.15) is 0 Å². The number of halogens is 3. The van der Waals surface area contributed by atoms with Crippen LogP contribution in [0.4, 0.5) is 0 Å². The number of fused-ring (bicyclic) bond motifs is 3. The van der Waals surface area contributed by atoms with Crippen molar-refractivity contribution < 1.29 is 20.1 Å². The SMILES string of the molecule is Brc1ccc(-c2ccccn2)cc1.Brc1cnc2c(ccc3nc(Br)ccc32)c1.[Ir]. The molecule has 7 heteroatoms. The number of hydrogen-bond donors (Lipinski definition) is 0. The Labute approximate surface area is 213 Å². The second kappa shape index (κ2) is 10.7. The Kier molecular flexibility index (Phi) is 8.26. The fraction of sp³-hybridized carbons (Fsp3) is 0. The molecule has 0 unspecified atom stereocenters. The molecular formula is C23H14Br3IrN3. The molecule has 0 fully saturated rings. The number of benzene rings is 2. The van der Waals surface area contributed by atoms with Crippen LogP contribution in [0.3, 0.4) is 0 Å². The van der Waals surface area contributed by atoms with Gasteiger partial charge in [-0.25, -0.2) is 4.98 Å². The first-order chi connectivity index (χ1) is 14.1. The molecule has 3 aromatic heterocycles. The Bertz CT molecular complexity index is 1220. The summed E-state index contributed by atoms with van der Waals surface area (Å²) in [4.78, 5) is 13.1. The largest absolute Gasteiger partial charge is 0.256 e. The zero-order valence-electron chi connectivity index (χ0n) is 15.4. The quantitative estimate of drug-likeness (QED) is 0.129. The summed E-state index contributed by atoms with van der Waals surface area (Å²) in [6.45, 7) is 0. The summed E-state index contributed by atoms with van der Waals surface area (Å²) in [5, 5.41) is 2.19. The zero-order valence-corrected chi connectivity index (χ0v) is 22.5. The van der Waals surface area contributed by atoms with Crippen molar-refractivity contribution in [1.29, 1.82) is 0 Å². The second-order valence-corrected chi connectivity index (χ2v) is 8.86. The third kappa shape index (κ3) is 5.59. The van der Waals surface area contributed by atoms with Crippen LogP contribution in [0.5, 0.6) is 0 Å². The fourth-order valence-electron chi connectivity index (χ4n) is 2.91. The monoisotopic (exact) mass is 762 g/mol. The van der Waals surface area contributed by atoms with E-state index < -0.39 is 0 Å². The van der Waals surface area contributed by atoms with Gasteiger partial charge in [0, 0.05) is 57.8 Å². The van der Waals surface area contributed by atoms with Gasteiger partial charge in [0.2, 0.25) is 0 Å². The Hall–Kier alpha value is -1.50. The Balaban J connectivity index is 0.000000169. The molecular weight excluding hydrogens is 750 g/mol. The molecule has 30 heavy (non-hydrogen) atoms. The molecule has 0 atom stereocenters. The molecule has 1 radical (unpaired) electrons. The van der Waals surface area contributed by atoms with Crippen LogP contribution in [0, 0.1) is 0 Å². The van der Waals surface area contributed by atoms with Gasteiger partial charge in [0.25, 0.3) is 0 Å². The number of pyridine rings is 3. The van der Waals surface area contributed by atoms with Crippen molar-refractivity contribution in [1.82, 2.24) is 15.0 Å². The van der Waals surface area contributed by atoms with E-state index in [1.165, 1.54) is 0 Å². The van der Waals surface area contributed by atoms with Gasteiger partial charge >= 0.3 is 0 Å². The van der Waals surface area contributed by atoms with Crippen LogP contribution < -0.4 is 0 Å². The maximum absolute atomic E-state index is 4.44. The predicted molar refractivity (Wildman–Crippen MR) is 130 cm³/mol. The van der Waals surface area contributed by atoms with Crippen molar-refractivity contribution in [3.05, 3.63) is 98.7 Å². The van der Waals surface area contributed by atoms with E-state index in [-0.39, 0.29) is 20.1 Å². The van der Waals surface area contributed by atoms with E-state index in [9.17, 15) is 0 Å². The molecule has 0 aliphatic rings. The normalized spacial score (nSPS) is 10.2. The molecule has 151 valence electrons. The van der Waals surface area contributed by atoms with Crippen LogP contribution in [0.1, 0.15) is 0 Å². The summed E-state index contributed by atoms with van der Waals surface area (Å²) in [6, 6.07) is 24.1. The van der Waals surface area contributed by atoms with Crippen molar-refractivity contribution in [3.63, 3.8) is 0 Å². The smallest absolute Gasteiger partial charge is 0.106 e. The van der Waals surface area contributed by atoms with E-state index in [1.807, 2.05) is 72.9 Å². The molecule has 0 aliphatic carbocycles. The van der Waals surface area contributed by atoms with Gasteiger partial charge in [0.15, 0.2) is 0 Å². The topological polar surface area (TPSA) is 38.7 Å². The number of aromatic nitrogens is 3. The summed E-state index contributed by atoms with van der Waals surface area (Å²) < 4.78 is 2.92. The van der Waals surface area contributed by atoms with E-state index >= 15 is 0 Å². The van der Waals surface area contributed by atoms with Crippen LogP contribution in [-0.4, -0.2) is 15.0 Å². The first-order valence-corrected chi connectivity index (χ1v) is 11.2. The Morgan fingerprint density at radius 2 is 1.50 bits per heavy atom. The predicted octanol–water partition coefficient (Wildman–Crippen LogP) is 7.82. The van der Waals surface area contributed by atoms with Gasteiger partial charge in [-0.3, -0.25) is 9.97 Å². The molecule has 0 N–H and O–H groups in total. The summed E-state index contributed by atoms with van der Waals surface area (Å²) in [5.41, 5.74) is 4.09. The summed E-state index contributed by atoms with van der Waals surface area (Å²) in [6.07, 6.45) is 3.61. The van der Waals surface area contributed by atoms with Crippen molar-refractivity contribution in [2.75, 3.05) is 0 Å². The minimum Gasteiger partial charge on any atom is -0.256 e. The average Bonchev–Trinajstić information content (AvgIpc) is 2.75. The first kappa shape index (κ1) is 23.2. The van der Waals surface area contributed by atoms with Crippen LogP contribution in [0.2, 0.25) is 0 Å². The van der Waals surface area contributed by atoms with E-state index in [2.05, 4.69) is 68.8 Å². The number of nitrogens with zero attached hydrogens (tertiary/aromatic N) is 3. The molecule has 0 amide bonds. The molecule has 0 saturated heterocycles. The molecule has 5 aromatic rings. The van der Waals surface area contributed by atoms with Gasteiger partial charge in [-0.1, -0.05) is 40.2 Å². The molecule has 2 aromatic carbocycles. The van der Waals surface area contributed by atoms with E-state index in [0.717, 1.165) is 46.6 Å². The van der Waals surface area contributed by atoms with Gasteiger partial charge in [-0.15, -0.1) is 0 Å². The third-order valence-corrected chi connectivity index (χ3v) is 5.66. The standard InChI is InChI=1S/C12H6Br2N2.C11H8BrN.Ir/c13-8-5-7-1-3-10-9(12(7)15-6-8)2-4-11(14)16-10;12-10-6-4-9(5-7-10)11-3-1-2-8-13-11;/h1-6H;1-8H;. The third-order valence-electron chi connectivity index (χ3n) is 4.26. The van der Waals surface area contributed by atoms with Gasteiger partial charge in [0.05, 0.1) is 16.7 Å². The number of rotatable bonds is 1. The van der Waals surface area contributed by atoms with Crippen LogP contribution in [0.15, 0.2) is 98.7 Å². The second-order valence-electron chi connectivity index (χ2n) is 6.21. The van der Waals surface area contributed by atoms with E-state index in [4.69, 9.17) is 0 Å². The maximum Gasteiger partial charge on any atom is 0.106 e. The summed E-state index contributed by atoms with van der Waals surface area (Å²) >= 11 is 10.2. The van der Waals surface area contributed by atoms with Crippen LogP contribution in [-0.2, 0) is 20.1 Å². The van der Waals surface area contributed by atoms with Crippen LogP contribution >= 0.6 is 47.8 Å². The van der Waals surface area contributed by atoms with E-state index in [1.54, 1.807) is 6.20 Å². The van der Waals surface area contributed by atoms with Gasteiger partial charge in [-0.05, 0) is 80.4 Å². The zero-order chi connectivity index (χ0) is 20.2. The fourth-order valence-corrected chi connectivity index (χ4v) is 3.84. The van der Waals surface area contributed by atoms with Crippen molar-refractivity contribution in [3.8, 4) is 11.3 Å². The maximum atomic E-state index is 4.44.